The SMILES string of the molecule is CC(C)[C@H]1NC(=O)CN(Cc2ccccc2)C(=O)C[C@@H](C(=O)NCCCc2ccccc2)NC(=O)c2ccccc2OC[C@H](C)NC1=O. The number of aryl methyl sites for hydroxylation is 1. The second-order valence-electron chi connectivity index (χ2n) is 12.4. The van der Waals surface area contributed by atoms with Gasteiger partial charge in [-0.2, -0.15) is 0 Å². The molecule has 0 saturated carbocycles. The van der Waals surface area contributed by atoms with Crippen LogP contribution in [0.25, 0.3) is 0 Å². The van der Waals surface area contributed by atoms with Crippen LogP contribution in [-0.2, 0) is 32.1 Å². The van der Waals surface area contributed by atoms with E-state index in [9.17, 15) is 24.0 Å². The number of ether oxygens (including phenoxy) is 1. The Morgan fingerprint density at radius 2 is 1.52 bits per heavy atom. The van der Waals surface area contributed by atoms with Crippen LogP contribution in [0.4, 0.5) is 0 Å². The van der Waals surface area contributed by atoms with Gasteiger partial charge in [-0.05, 0) is 48.9 Å². The smallest absolute Gasteiger partial charge is 0.255 e. The summed E-state index contributed by atoms with van der Waals surface area (Å²) in [6, 6.07) is 23.0. The number of para-hydroxylation sites is 1. The highest BCUT2D eigenvalue weighted by Gasteiger charge is 2.31. The van der Waals surface area contributed by atoms with Gasteiger partial charge in [-0.3, -0.25) is 24.0 Å². The summed E-state index contributed by atoms with van der Waals surface area (Å²) in [7, 11) is 0. The van der Waals surface area contributed by atoms with Crippen LogP contribution in [0.15, 0.2) is 84.9 Å². The minimum absolute atomic E-state index is 0.0451. The van der Waals surface area contributed by atoms with Gasteiger partial charge in [0.15, 0.2) is 0 Å². The summed E-state index contributed by atoms with van der Waals surface area (Å²) >= 11 is 0. The zero-order valence-corrected chi connectivity index (χ0v) is 27.7. The fraction of sp³-hybridized carbons (Fsp3) is 0.378. The topological polar surface area (TPSA) is 146 Å². The van der Waals surface area contributed by atoms with E-state index in [-0.39, 0.29) is 36.9 Å². The lowest BCUT2D eigenvalue weighted by molar-refractivity contribution is -0.139. The summed E-state index contributed by atoms with van der Waals surface area (Å²) in [6.07, 6.45) is 1.00. The maximum Gasteiger partial charge on any atom is 0.255 e. The van der Waals surface area contributed by atoms with Gasteiger partial charge in [0.2, 0.25) is 23.6 Å². The van der Waals surface area contributed by atoms with Crippen LogP contribution in [-0.4, -0.2) is 72.3 Å². The van der Waals surface area contributed by atoms with Gasteiger partial charge in [0.25, 0.3) is 5.91 Å². The Hall–Kier alpha value is -5.19. The van der Waals surface area contributed by atoms with Crippen LogP contribution < -0.4 is 26.0 Å². The fourth-order valence-electron chi connectivity index (χ4n) is 5.35. The van der Waals surface area contributed by atoms with Crippen molar-refractivity contribution in [2.24, 2.45) is 5.92 Å². The molecule has 0 aromatic heterocycles. The predicted molar refractivity (Wildman–Crippen MR) is 182 cm³/mol. The van der Waals surface area contributed by atoms with Gasteiger partial charge in [0.1, 0.15) is 24.4 Å². The molecule has 1 heterocycles. The van der Waals surface area contributed by atoms with Gasteiger partial charge < -0.3 is 30.9 Å². The van der Waals surface area contributed by atoms with E-state index in [2.05, 4.69) is 21.3 Å². The van der Waals surface area contributed by atoms with E-state index in [1.807, 2.05) is 74.5 Å². The Labute approximate surface area is 281 Å². The highest BCUT2D eigenvalue weighted by molar-refractivity contribution is 6.01. The first kappa shape index (κ1) is 35.7. The molecule has 11 nitrogen and oxygen atoms in total. The Kier molecular flexibility index (Phi) is 13.1. The number of hydrogen-bond acceptors (Lipinski definition) is 6. The van der Waals surface area contributed by atoms with E-state index >= 15 is 0 Å². The number of amides is 5. The molecule has 5 amide bonds. The largest absolute Gasteiger partial charge is 0.491 e. The van der Waals surface area contributed by atoms with Crippen molar-refractivity contribution < 1.29 is 28.7 Å². The molecule has 4 rings (SSSR count). The zero-order chi connectivity index (χ0) is 34.5. The molecule has 11 heteroatoms. The third kappa shape index (κ3) is 10.7. The molecule has 0 bridgehead atoms. The normalized spacial score (nSPS) is 19.7. The molecule has 254 valence electrons. The first-order valence-corrected chi connectivity index (χ1v) is 16.4. The predicted octanol–water partition coefficient (Wildman–Crippen LogP) is 2.99. The summed E-state index contributed by atoms with van der Waals surface area (Å²) in [6.45, 7) is 5.49. The molecular formula is C37H45N5O6. The third-order valence-electron chi connectivity index (χ3n) is 7.96. The first-order valence-electron chi connectivity index (χ1n) is 16.4. The first-order chi connectivity index (χ1) is 23.1. The molecule has 48 heavy (non-hydrogen) atoms. The Morgan fingerprint density at radius 3 is 2.21 bits per heavy atom. The van der Waals surface area contributed by atoms with Crippen molar-refractivity contribution in [3.8, 4) is 5.75 Å². The number of benzene rings is 3. The van der Waals surface area contributed by atoms with E-state index in [1.54, 1.807) is 31.2 Å². The molecule has 4 N–H and O–H groups in total. The van der Waals surface area contributed by atoms with Crippen LogP contribution in [0.5, 0.6) is 5.75 Å². The average Bonchev–Trinajstić information content (AvgIpc) is 3.08. The van der Waals surface area contributed by atoms with Crippen LogP contribution in [0.2, 0.25) is 0 Å². The van der Waals surface area contributed by atoms with Crippen molar-refractivity contribution in [2.75, 3.05) is 19.7 Å². The maximum atomic E-state index is 13.9. The Bertz CT molecular complexity index is 1550. The molecular weight excluding hydrogens is 610 g/mol. The minimum atomic E-state index is -1.24. The molecule has 0 unspecified atom stereocenters. The van der Waals surface area contributed by atoms with E-state index < -0.39 is 54.1 Å². The van der Waals surface area contributed by atoms with E-state index in [0.717, 1.165) is 17.5 Å². The van der Waals surface area contributed by atoms with Crippen LogP contribution in [0.3, 0.4) is 0 Å². The Morgan fingerprint density at radius 1 is 0.875 bits per heavy atom. The van der Waals surface area contributed by atoms with Gasteiger partial charge in [-0.25, -0.2) is 0 Å². The second kappa shape index (κ2) is 17.7. The number of hydrogen-bond donors (Lipinski definition) is 4. The van der Waals surface area contributed by atoms with Crippen LogP contribution in [0, 0.1) is 5.92 Å². The number of nitrogens with one attached hydrogen (secondary N) is 4. The number of carbonyl (C=O) groups excluding carboxylic acids is 5. The summed E-state index contributed by atoms with van der Waals surface area (Å²) in [5.74, 6) is -2.56. The minimum Gasteiger partial charge on any atom is -0.491 e. The van der Waals surface area contributed by atoms with Crippen molar-refractivity contribution in [1.29, 1.82) is 0 Å². The van der Waals surface area contributed by atoms with Gasteiger partial charge in [-0.1, -0.05) is 86.6 Å². The van der Waals surface area contributed by atoms with Crippen molar-refractivity contribution >= 4 is 29.5 Å². The molecule has 0 saturated heterocycles. The molecule has 0 radical (unpaired) electrons. The summed E-state index contributed by atoms with van der Waals surface area (Å²) in [5.41, 5.74) is 2.08. The third-order valence-corrected chi connectivity index (χ3v) is 7.96. The van der Waals surface area contributed by atoms with Crippen LogP contribution in [0.1, 0.15) is 55.1 Å². The standard InChI is InChI=1S/C37H45N5O6/c1-25(2)34-37(47)39-26(3)24-48-31-19-11-10-18-29(31)35(45)40-30(36(46)38-20-12-17-27-13-6-4-7-14-27)21-33(44)42(23-32(43)41-34)22-28-15-8-5-9-16-28/h4-11,13-16,18-19,25-26,30,34H,12,17,20-24H2,1-3H3,(H,38,46)(H,39,47)(H,40,45)(H,41,43)/t26-,30-,34+/m0/s1. The molecule has 0 spiro atoms. The van der Waals surface area contributed by atoms with Crippen LogP contribution >= 0.6 is 0 Å². The van der Waals surface area contributed by atoms with Crippen molar-refractivity contribution in [3.63, 3.8) is 0 Å². The van der Waals surface area contributed by atoms with E-state index in [0.29, 0.717) is 13.0 Å². The number of rotatable bonds is 8. The monoisotopic (exact) mass is 655 g/mol. The highest BCUT2D eigenvalue weighted by atomic mass is 16.5. The van der Waals surface area contributed by atoms with Gasteiger partial charge >= 0.3 is 0 Å². The summed E-state index contributed by atoms with van der Waals surface area (Å²) in [4.78, 5) is 69.1. The van der Waals surface area contributed by atoms with Gasteiger partial charge in [0.05, 0.1) is 24.6 Å². The molecule has 3 aromatic carbocycles. The van der Waals surface area contributed by atoms with Crippen molar-refractivity contribution in [1.82, 2.24) is 26.2 Å². The lowest BCUT2D eigenvalue weighted by Crippen LogP contribution is -2.54. The number of nitrogens with zero attached hydrogens (tertiary/aromatic N) is 1. The molecule has 1 aliphatic heterocycles. The van der Waals surface area contributed by atoms with Crippen molar-refractivity contribution in [3.05, 3.63) is 102 Å². The molecule has 0 aliphatic carbocycles. The second-order valence-corrected chi connectivity index (χ2v) is 12.4. The maximum absolute atomic E-state index is 13.9. The molecule has 0 fully saturated rings. The van der Waals surface area contributed by atoms with E-state index in [4.69, 9.17) is 4.74 Å². The Balaban J connectivity index is 1.62. The average molecular weight is 656 g/mol. The quantitative estimate of drug-likeness (QED) is 0.275. The lowest BCUT2D eigenvalue weighted by Gasteiger charge is -2.27. The highest BCUT2D eigenvalue weighted by Crippen LogP contribution is 2.19. The fourth-order valence-corrected chi connectivity index (χ4v) is 5.35. The van der Waals surface area contributed by atoms with Gasteiger partial charge in [-0.15, -0.1) is 0 Å². The van der Waals surface area contributed by atoms with E-state index in [1.165, 1.54) is 4.90 Å². The molecule has 1 aliphatic rings. The molecule has 3 aromatic rings. The summed E-state index contributed by atoms with van der Waals surface area (Å²) in [5, 5.41) is 11.3. The van der Waals surface area contributed by atoms with Crippen molar-refractivity contribution in [2.45, 2.75) is 64.7 Å². The van der Waals surface area contributed by atoms with Gasteiger partial charge in [0, 0.05) is 13.1 Å². The number of fused-ring (bicyclic) bond motifs is 1. The summed E-state index contributed by atoms with van der Waals surface area (Å²) < 4.78 is 5.94. The lowest BCUT2D eigenvalue weighted by atomic mass is 10.0. The number of carbonyl (C=O) groups is 5. The zero-order valence-electron chi connectivity index (χ0n) is 27.7. The molecule has 3 atom stereocenters.